The normalized spacial score (nSPS) is 13.9. The number of aromatic amines is 1. The van der Waals surface area contributed by atoms with Crippen LogP contribution in [0.4, 0.5) is 0 Å². The molecule has 2 aromatic rings. The van der Waals surface area contributed by atoms with E-state index in [4.69, 9.17) is 5.73 Å². The quantitative estimate of drug-likeness (QED) is 0.771. The third kappa shape index (κ3) is 3.10. The Kier molecular flexibility index (Phi) is 3.43. The molecule has 1 aromatic carbocycles. The minimum Gasteiger partial charge on any atom is -0.366 e. The van der Waals surface area contributed by atoms with Crippen LogP contribution in [0.2, 0.25) is 0 Å². The van der Waals surface area contributed by atoms with Gasteiger partial charge in [0.15, 0.2) is 0 Å². The van der Waals surface area contributed by atoms with Gasteiger partial charge in [-0.25, -0.2) is 0 Å². The molecule has 1 aromatic heterocycles. The van der Waals surface area contributed by atoms with Gasteiger partial charge < -0.3 is 11.1 Å². The Bertz CT molecular complexity index is 688. The Morgan fingerprint density at radius 1 is 1.33 bits per heavy atom. The molecular formula is C15H16N4O2. The first-order valence-corrected chi connectivity index (χ1v) is 6.86. The molecule has 0 aliphatic heterocycles. The lowest BCUT2D eigenvalue weighted by Gasteiger charge is -2.04. The minimum absolute atomic E-state index is 0.234. The second-order valence-corrected chi connectivity index (χ2v) is 5.23. The Morgan fingerprint density at radius 2 is 2.14 bits per heavy atom. The predicted molar refractivity (Wildman–Crippen MR) is 76.7 cm³/mol. The highest BCUT2D eigenvalue weighted by Gasteiger charge is 2.26. The van der Waals surface area contributed by atoms with Gasteiger partial charge in [-0.15, -0.1) is 0 Å². The van der Waals surface area contributed by atoms with Gasteiger partial charge in [-0.05, 0) is 36.6 Å². The van der Waals surface area contributed by atoms with Crippen LogP contribution in [-0.2, 0) is 6.54 Å². The summed E-state index contributed by atoms with van der Waals surface area (Å²) >= 11 is 0. The molecule has 1 saturated carbocycles. The molecule has 4 N–H and O–H groups in total. The van der Waals surface area contributed by atoms with Crippen molar-refractivity contribution in [2.45, 2.75) is 25.3 Å². The third-order valence-corrected chi connectivity index (χ3v) is 3.51. The fraction of sp³-hybridized carbons (Fsp3) is 0.267. The van der Waals surface area contributed by atoms with Crippen LogP contribution in [-0.4, -0.2) is 22.0 Å². The summed E-state index contributed by atoms with van der Waals surface area (Å²) in [5.41, 5.74) is 7.89. The first kappa shape index (κ1) is 13.4. The van der Waals surface area contributed by atoms with Crippen LogP contribution >= 0.6 is 0 Å². The van der Waals surface area contributed by atoms with Crippen LogP contribution < -0.4 is 11.1 Å². The fourth-order valence-electron chi connectivity index (χ4n) is 2.16. The summed E-state index contributed by atoms with van der Waals surface area (Å²) in [5, 5.41) is 9.70. The highest BCUT2D eigenvalue weighted by molar-refractivity contribution is 5.93. The van der Waals surface area contributed by atoms with Gasteiger partial charge in [-0.1, -0.05) is 12.1 Å². The number of rotatable bonds is 5. The molecule has 3 rings (SSSR count). The van der Waals surface area contributed by atoms with Gasteiger partial charge in [0.25, 0.3) is 5.91 Å². The van der Waals surface area contributed by atoms with Gasteiger partial charge in [0, 0.05) is 23.7 Å². The van der Waals surface area contributed by atoms with Crippen LogP contribution in [0.5, 0.6) is 0 Å². The highest BCUT2D eigenvalue weighted by atomic mass is 16.2. The Morgan fingerprint density at radius 3 is 2.86 bits per heavy atom. The van der Waals surface area contributed by atoms with E-state index < -0.39 is 5.91 Å². The van der Waals surface area contributed by atoms with Crippen LogP contribution in [0, 0.1) is 0 Å². The molecule has 0 spiro atoms. The molecule has 1 aliphatic carbocycles. The number of nitrogens with one attached hydrogen (secondary N) is 2. The van der Waals surface area contributed by atoms with E-state index in [1.54, 1.807) is 24.3 Å². The average Bonchev–Trinajstić information content (AvgIpc) is 3.22. The van der Waals surface area contributed by atoms with Gasteiger partial charge in [-0.3, -0.25) is 14.7 Å². The third-order valence-electron chi connectivity index (χ3n) is 3.51. The molecule has 6 nitrogen and oxygen atoms in total. The second-order valence-electron chi connectivity index (χ2n) is 5.23. The summed E-state index contributed by atoms with van der Waals surface area (Å²) in [4.78, 5) is 23.1. The first-order valence-electron chi connectivity index (χ1n) is 6.86. The maximum atomic E-state index is 12.0. The fourth-order valence-corrected chi connectivity index (χ4v) is 2.16. The van der Waals surface area contributed by atoms with Crippen molar-refractivity contribution in [3.63, 3.8) is 0 Å². The summed E-state index contributed by atoms with van der Waals surface area (Å²) in [6.45, 7) is 0.325. The standard InChI is InChI=1S/C15H16N4O2/c16-14(20)11-3-1-2-9(6-11)8-17-15(21)13-7-12(18-19-13)10-4-5-10/h1-3,6-7,10H,4-5,8H2,(H2,16,20)(H,17,21)(H,18,19). The molecule has 0 saturated heterocycles. The van der Waals surface area contributed by atoms with E-state index in [-0.39, 0.29) is 5.91 Å². The Labute approximate surface area is 121 Å². The van der Waals surface area contributed by atoms with Crippen molar-refractivity contribution < 1.29 is 9.59 Å². The van der Waals surface area contributed by atoms with Gasteiger partial charge >= 0.3 is 0 Å². The van der Waals surface area contributed by atoms with Crippen molar-refractivity contribution in [1.29, 1.82) is 0 Å². The summed E-state index contributed by atoms with van der Waals surface area (Å²) in [7, 11) is 0. The number of amides is 2. The maximum absolute atomic E-state index is 12.0. The van der Waals surface area contributed by atoms with Crippen molar-refractivity contribution >= 4 is 11.8 Å². The zero-order valence-electron chi connectivity index (χ0n) is 11.4. The number of benzene rings is 1. The van der Waals surface area contributed by atoms with Gasteiger partial charge in [-0.2, -0.15) is 5.10 Å². The molecule has 21 heavy (non-hydrogen) atoms. The number of H-pyrrole nitrogens is 1. The molecule has 0 unspecified atom stereocenters. The predicted octanol–water partition coefficient (Wildman–Crippen LogP) is 1.32. The maximum Gasteiger partial charge on any atom is 0.272 e. The van der Waals surface area contributed by atoms with Crippen molar-refractivity contribution in [2.75, 3.05) is 0 Å². The van der Waals surface area contributed by atoms with Crippen molar-refractivity contribution in [3.8, 4) is 0 Å². The zero-order valence-corrected chi connectivity index (χ0v) is 11.4. The van der Waals surface area contributed by atoms with Crippen LogP contribution in [0.3, 0.4) is 0 Å². The number of nitrogens with two attached hydrogens (primary N) is 1. The van der Waals surface area contributed by atoms with E-state index in [0.29, 0.717) is 23.7 Å². The molecule has 2 amide bonds. The number of carbonyl (C=O) groups is 2. The van der Waals surface area contributed by atoms with E-state index in [2.05, 4.69) is 15.5 Å². The van der Waals surface area contributed by atoms with Crippen LogP contribution in [0.15, 0.2) is 30.3 Å². The molecule has 1 heterocycles. The minimum atomic E-state index is -0.482. The number of carbonyl (C=O) groups excluding carboxylic acids is 2. The Balaban J connectivity index is 1.62. The molecule has 6 heteroatoms. The number of nitrogens with zero attached hydrogens (tertiary/aromatic N) is 1. The second kappa shape index (κ2) is 5.40. The number of hydrogen-bond acceptors (Lipinski definition) is 3. The monoisotopic (exact) mass is 284 g/mol. The molecule has 0 radical (unpaired) electrons. The lowest BCUT2D eigenvalue weighted by Crippen LogP contribution is -2.23. The van der Waals surface area contributed by atoms with E-state index in [1.807, 2.05) is 6.07 Å². The summed E-state index contributed by atoms with van der Waals surface area (Å²) in [5.74, 6) is -0.182. The molecule has 108 valence electrons. The molecule has 0 bridgehead atoms. The number of primary amides is 1. The van der Waals surface area contributed by atoms with E-state index in [0.717, 1.165) is 24.1 Å². The lowest BCUT2D eigenvalue weighted by atomic mass is 10.1. The summed E-state index contributed by atoms with van der Waals surface area (Å²) in [6, 6.07) is 8.67. The summed E-state index contributed by atoms with van der Waals surface area (Å²) in [6.07, 6.45) is 2.31. The molecule has 1 aliphatic rings. The Hall–Kier alpha value is -2.63. The van der Waals surface area contributed by atoms with Gasteiger partial charge in [0.05, 0.1) is 0 Å². The van der Waals surface area contributed by atoms with E-state index >= 15 is 0 Å². The van der Waals surface area contributed by atoms with Gasteiger partial charge in [0.1, 0.15) is 5.69 Å². The van der Waals surface area contributed by atoms with Crippen LogP contribution in [0.25, 0.3) is 0 Å². The van der Waals surface area contributed by atoms with Crippen molar-refractivity contribution in [3.05, 3.63) is 52.8 Å². The largest absolute Gasteiger partial charge is 0.366 e. The molecule has 1 fully saturated rings. The number of aromatic nitrogens is 2. The van der Waals surface area contributed by atoms with Crippen LogP contribution in [0.1, 0.15) is 50.9 Å². The highest BCUT2D eigenvalue weighted by Crippen LogP contribution is 2.38. The van der Waals surface area contributed by atoms with Gasteiger partial charge in [0.2, 0.25) is 5.91 Å². The molecule has 0 atom stereocenters. The van der Waals surface area contributed by atoms with Crippen molar-refractivity contribution in [2.24, 2.45) is 5.73 Å². The SMILES string of the molecule is NC(=O)c1cccc(CNC(=O)c2cc(C3CC3)[nH]n2)c1. The summed E-state index contributed by atoms with van der Waals surface area (Å²) < 4.78 is 0. The average molecular weight is 284 g/mol. The van der Waals surface area contributed by atoms with E-state index in [1.165, 1.54) is 0 Å². The topological polar surface area (TPSA) is 101 Å². The smallest absolute Gasteiger partial charge is 0.272 e. The first-order chi connectivity index (χ1) is 10.1. The lowest BCUT2D eigenvalue weighted by molar-refractivity contribution is 0.0945. The number of hydrogen-bond donors (Lipinski definition) is 3. The molecular weight excluding hydrogens is 268 g/mol. The van der Waals surface area contributed by atoms with Crippen molar-refractivity contribution in [1.82, 2.24) is 15.5 Å². The van der Waals surface area contributed by atoms with E-state index in [9.17, 15) is 9.59 Å². The zero-order chi connectivity index (χ0) is 14.8.